The zero-order valence-electron chi connectivity index (χ0n) is 17.9. The summed E-state index contributed by atoms with van der Waals surface area (Å²) < 4.78 is 52.6. The molecule has 0 unspecified atom stereocenters. The molecule has 0 spiro atoms. The number of rotatable bonds is 2. The van der Waals surface area contributed by atoms with E-state index in [1.807, 2.05) is 0 Å². The first-order chi connectivity index (χ1) is 15.3. The highest BCUT2D eigenvalue weighted by atomic mass is 32.2. The second-order valence-corrected chi connectivity index (χ2v) is 10.00. The molecule has 0 saturated heterocycles. The number of ether oxygens (including phenoxy) is 2. The van der Waals surface area contributed by atoms with Gasteiger partial charge in [0.05, 0.1) is 17.3 Å². The third-order valence-corrected chi connectivity index (χ3v) is 7.25. The molecule has 0 atom stereocenters. The standard InChI is InChI=1S/C24H24FNO5S/c1-3-32(28,29)18-9-10-21-19(13-18)20-15-26(2)24(27)14-23(20)30-11-5-4-6-16-7-8-17(25)12-22(16)31-21/h7-10,12-15H,3-6,11H2,1-2H3. The zero-order valence-corrected chi connectivity index (χ0v) is 18.7. The molecule has 1 aromatic heterocycles. The fourth-order valence-corrected chi connectivity index (χ4v) is 4.56. The van der Waals surface area contributed by atoms with Gasteiger partial charge in [0.1, 0.15) is 23.1 Å². The maximum Gasteiger partial charge on any atom is 0.254 e. The van der Waals surface area contributed by atoms with Gasteiger partial charge in [-0.1, -0.05) is 13.0 Å². The van der Waals surface area contributed by atoms with Crippen LogP contribution in [-0.4, -0.2) is 25.3 Å². The van der Waals surface area contributed by atoms with Gasteiger partial charge in [-0.05, 0) is 49.1 Å². The fourth-order valence-electron chi connectivity index (χ4n) is 3.65. The van der Waals surface area contributed by atoms with Gasteiger partial charge >= 0.3 is 0 Å². The summed E-state index contributed by atoms with van der Waals surface area (Å²) in [6, 6.07) is 10.4. The second kappa shape index (κ2) is 8.78. The molecule has 2 aromatic carbocycles. The van der Waals surface area contributed by atoms with Crippen molar-refractivity contribution >= 4 is 9.84 Å². The largest absolute Gasteiger partial charge is 0.493 e. The lowest BCUT2D eigenvalue weighted by molar-refractivity contribution is 0.306. The smallest absolute Gasteiger partial charge is 0.254 e. The molecule has 1 aliphatic rings. The van der Waals surface area contributed by atoms with Crippen molar-refractivity contribution in [3.63, 3.8) is 0 Å². The normalized spacial score (nSPS) is 14.0. The number of hydrogen-bond acceptors (Lipinski definition) is 5. The number of aromatic nitrogens is 1. The minimum absolute atomic E-state index is 0.0582. The van der Waals surface area contributed by atoms with Crippen molar-refractivity contribution in [2.24, 2.45) is 7.05 Å². The molecule has 3 aromatic rings. The molecule has 0 saturated carbocycles. The molecule has 8 heteroatoms. The number of hydrogen-bond donors (Lipinski definition) is 0. The van der Waals surface area contributed by atoms with Gasteiger partial charge in [-0.2, -0.15) is 0 Å². The van der Waals surface area contributed by atoms with Crippen LogP contribution in [0.4, 0.5) is 4.39 Å². The summed E-state index contributed by atoms with van der Waals surface area (Å²) in [7, 11) is -1.89. The minimum atomic E-state index is -3.50. The van der Waals surface area contributed by atoms with Crippen LogP contribution in [0.5, 0.6) is 17.2 Å². The zero-order chi connectivity index (χ0) is 22.9. The lowest BCUT2D eigenvalue weighted by atomic mass is 10.0. The summed E-state index contributed by atoms with van der Waals surface area (Å²) in [4.78, 5) is 12.4. The van der Waals surface area contributed by atoms with Crippen LogP contribution in [0.3, 0.4) is 0 Å². The monoisotopic (exact) mass is 457 g/mol. The van der Waals surface area contributed by atoms with Gasteiger partial charge < -0.3 is 14.0 Å². The van der Waals surface area contributed by atoms with Crippen LogP contribution in [0, 0.1) is 5.82 Å². The summed E-state index contributed by atoms with van der Waals surface area (Å²) in [6.45, 7) is 1.96. The van der Waals surface area contributed by atoms with Crippen molar-refractivity contribution in [1.29, 1.82) is 0 Å². The number of halogens is 1. The van der Waals surface area contributed by atoms with E-state index in [-0.39, 0.29) is 16.2 Å². The molecule has 168 valence electrons. The van der Waals surface area contributed by atoms with Crippen LogP contribution in [0.1, 0.15) is 25.3 Å². The summed E-state index contributed by atoms with van der Waals surface area (Å²) >= 11 is 0. The van der Waals surface area contributed by atoms with E-state index in [1.165, 1.54) is 34.9 Å². The maximum atomic E-state index is 14.0. The van der Waals surface area contributed by atoms with Crippen LogP contribution in [0.25, 0.3) is 11.1 Å². The first-order valence-corrected chi connectivity index (χ1v) is 12.1. The van der Waals surface area contributed by atoms with Crippen molar-refractivity contribution in [1.82, 2.24) is 4.57 Å². The minimum Gasteiger partial charge on any atom is -0.493 e. The molecule has 1 aliphatic heterocycles. The lowest BCUT2D eigenvalue weighted by Gasteiger charge is -2.19. The number of sulfone groups is 1. The number of nitrogens with zero attached hydrogens (tertiary/aromatic N) is 1. The summed E-state index contributed by atoms with van der Waals surface area (Å²) in [5.74, 6) is 0.594. The molecule has 32 heavy (non-hydrogen) atoms. The Morgan fingerprint density at radius 1 is 1.00 bits per heavy atom. The highest BCUT2D eigenvalue weighted by Gasteiger charge is 2.21. The summed E-state index contributed by atoms with van der Waals surface area (Å²) in [5, 5.41) is 0. The molecule has 0 aliphatic carbocycles. The number of aryl methyl sites for hydroxylation is 2. The molecule has 6 nitrogen and oxygen atoms in total. The Bertz CT molecular complexity index is 1330. The SMILES string of the molecule is CCS(=O)(=O)c1ccc2c(c1)-c1cn(C)c(=O)cc1OCCCCc1ccc(F)cc1O2. The van der Waals surface area contributed by atoms with Crippen LogP contribution < -0.4 is 15.0 Å². The molecule has 0 radical (unpaired) electrons. The molecule has 2 heterocycles. The molecule has 4 rings (SSSR count). The van der Waals surface area contributed by atoms with E-state index in [0.29, 0.717) is 41.4 Å². The Kier molecular flexibility index (Phi) is 6.06. The average molecular weight is 458 g/mol. The Morgan fingerprint density at radius 2 is 1.81 bits per heavy atom. The molecular weight excluding hydrogens is 433 g/mol. The Balaban J connectivity index is 1.99. The second-order valence-electron chi connectivity index (χ2n) is 7.72. The highest BCUT2D eigenvalue weighted by Crippen LogP contribution is 2.40. The lowest BCUT2D eigenvalue weighted by Crippen LogP contribution is -2.16. The Morgan fingerprint density at radius 3 is 2.59 bits per heavy atom. The third kappa shape index (κ3) is 4.41. The third-order valence-electron chi connectivity index (χ3n) is 5.52. The number of pyridine rings is 1. The van der Waals surface area contributed by atoms with Gasteiger partial charge in [-0.25, -0.2) is 12.8 Å². The number of benzene rings is 2. The van der Waals surface area contributed by atoms with Crippen LogP contribution in [0.15, 0.2) is 58.4 Å². The molecule has 0 N–H and O–H groups in total. The van der Waals surface area contributed by atoms with E-state index in [9.17, 15) is 17.6 Å². The first kappa shape index (κ1) is 22.1. The fraction of sp³-hybridized carbons (Fsp3) is 0.292. The Labute approximate surface area is 186 Å². The van der Waals surface area contributed by atoms with E-state index >= 15 is 0 Å². The summed E-state index contributed by atoms with van der Waals surface area (Å²) in [6.07, 6.45) is 3.78. The van der Waals surface area contributed by atoms with E-state index in [1.54, 1.807) is 32.3 Å². The summed E-state index contributed by atoms with van der Waals surface area (Å²) in [5.41, 5.74) is 1.57. The van der Waals surface area contributed by atoms with Gasteiger partial charge in [0.2, 0.25) is 0 Å². The quantitative estimate of drug-likeness (QED) is 0.567. The van der Waals surface area contributed by atoms with E-state index in [0.717, 1.165) is 18.4 Å². The Hall–Kier alpha value is -3.13. The van der Waals surface area contributed by atoms with Gasteiger partial charge in [0, 0.05) is 36.5 Å². The predicted octanol–water partition coefficient (Wildman–Crippen LogP) is 4.49. The average Bonchev–Trinajstić information content (AvgIpc) is 2.76. The molecular formula is C24H24FNO5S. The van der Waals surface area contributed by atoms with Crippen molar-refractivity contribution in [2.45, 2.75) is 31.1 Å². The van der Waals surface area contributed by atoms with Crippen molar-refractivity contribution < 1.29 is 22.3 Å². The van der Waals surface area contributed by atoms with Gasteiger partial charge in [0.25, 0.3) is 5.56 Å². The van der Waals surface area contributed by atoms with Crippen LogP contribution in [-0.2, 0) is 23.3 Å². The van der Waals surface area contributed by atoms with Gasteiger partial charge in [-0.15, -0.1) is 0 Å². The van der Waals surface area contributed by atoms with E-state index < -0.39 is 15.7 Å². The van der Waals surface area contributed by atoms with Crippen LogP contribution >= 0.6 is 0 Å². The molecule has 0 fully saturated rings. The van der Waals surface area contributed by atoms with Crippen molar-refractivity contribution in [3.05, 3.63) is 70.4 Å². The number of fused-ring (bicyclic) bond motifs is 4. The van der Waals surface area contributed by atoms with E-state index in [4.69, 9.17) is 9.47 Å². The van der Waals surface area contributed by atoms with Crippen molar-refractivity contribution in [3.8, 4) is 28.4 Å². The first-order valence-electron chi connectivity index (χ1n) is 10.5. The van der Waals surface area contributed by atoms with Gasteiger partial charge in [0.15, 0.2) is 9.84 Å². The maximum absolute atomic E-state index is 14.0. The molecule has 0 amide bonds. The predicted molar refractivity (Wildman–Crippen MR) is 120 cm³/mol. The highest BCUT2D eigenvalue weighted by molar-refractivity contribution is 7.91. The van der Waals surface area contributed by atoms with E-state index in [2.05, 4.69) is 0 Å². The van der Waals surface area contributed by atoms with Crippen molar-refractivity contribution in [2.75, 3.05) is 12.4 Å². The topological polar surface area (TPSA) is 74.6 Å². The molecule has 0 bridgehead atoms. The van der Waals surface area contributed by atoms with Gasteiger partial charge in [-0.3, -0.25) is 4.79 Å². The van der Waals surface area contributed by atoms with Crippen LogP contribution in [0.2, 0.25) is 0 Å².